The number of amides is 1. The number of hydrogen-bond donors (Lipinski definition) is 1. The Morgan fingerprint density at radius 2 is 2.00 bits per heavy atom. The van der Waals surface area contributed by atoms with Crippen molar-refractivity contribution >= 4 is 28.9 Å². The molecule has 9 heteroatoms. The van der Waals surface area contributed by atoms with Crippen LogP contribution in [0.1, 0.15) is 34.3 Å². The number of nitro groups is 1. The maximum atomic E-state index is 12.7. The highest BCUT2D eigenvalue weighted by atomic mass is 35.5. The maximum Gasteiger partial charge on any atom is 0.294 e. The van der Waals surface area contributed by atoms with Crippen LogP contribution < -0.4 is 10.1 Å². The van der Waals surface area contributed by atoms with Crippen LogP contribution in [-0.2, 0) is 13.0 Å². The number of rotatable bonds is 7. The highest BCUT2D eigenvalue weighted by Crippen LogP contribution is 2.28. The third kappa shape index (κ3) is 4.72. The third-order valence-electron chi connectivity index (χ3n) is 4.32. The second-order valence-corrected chi connectivity index (χ2v) is 6.66. The fraction of sp³-hybridized carbons (Fsp3) is 0.200. The van der Waals surface area contributed by atoms with Crippen molar-refractivity contribution in [3.05, 3.63) is 80.2 Å². The zero-order valence-electron chi connectivity index (χ0n) is 15.8. The van der Waals surface area contributed by atoms with Crippen LogP contribution in [0, 0.1) is 17.0 Å². The van der Waals surface area contributed by atoms with Gasteiger partial charge in [0.15, 0.2) is 5.69 Å². The molecule has 0 atom stereocenters. The van der Waals surface area contributed by atoms with Crippen LogP contribution >= 0.6 is 11.6 Å². The Hall–Kier alpha value is -3.39. The fourth-order valence-corrected chi connectivity index (χ4v) is 2.83. The van der Waals surface area contributed by atoms with Gasteiger partial charge in [0.25, 0.3) is 11.6 Å². The van der Waals surface area contributed by atoms with Crippen LogP contribution in [0.25, 0.3) is 0 Å². The first kappa shape index (κ1) is 20.3. The van der Waals surface area contributed by atoms with Crippen LogP contribution in [0.4, 0.5) is 11.4 Å². The van der Waals surface area contributed by atoms with Crippen molar-refractivity contribution in [3.63, 3.8) is 0 Å². The van der Waals surface area contributed by atoms with E-state index in [0.717, 1.165) is 12.5 Å². The lowest BCUT2D eigenvalue weighted by atomic mass is 10.1. The van der Waals surface area contributed by atoms with E-state index in [1.807, 2.05) is 24.3 Å². The number of carbonyl (C=O) groups excluding carboxylic acids is 1. The van der Waals surface area contributed by atoms with Gasteiger partial charge in [0.05, 0.1) is 10.5 Å². The largest absolute Gasteiger partial charge is 0.489 e. The van der Waals surface area contributed by atoms with E-state index >= 15 is 0 Å². The van der Waals surface area contributed by atoms with Crippen LogP contribution in [0.15, 0.2) is 47.0 Å². The first-order valence-corrected chi connectivity index (χ1v) is 9.19. The molecule has 0 saturated carbocycles. The van der Waals surface area contributed by atoms with E-state index in [4.69, 9.17) is 20.9 Å². The number of anilines is 1. The monoisotopic (exact) mass is 415 g/mol. The SMILES string of the molecule is CCc1ccc(OCc2c(C(=O)Nc3ccc(Cl)cc3[N+](=O)[O-])noc2C)cc1. The van der Waals surface area contributed by atoms with E-state index in [9.17, 15) is 14.9 Å². The van der Waals surface area contributed by atoms with Gasteiger partial charge in [-0.3, -0.25) is 14.9 Å². The van der Waals surface area contributed by atoms with Crippen molar-refractivity contribution in [2.45, 2.75) is 26.9 Å². The predicted molar refractivity (Wildman–Crippen MR) is 107 cm³/mol. The van der Waals surface area contributed by atoms with Gasteiger partial charge in [-0.05, 0) is 43.2 Å². The van der Waals surface area contributed by atoms with Gasteiger partial charge in [-0.2, -0.15) is 0 Å². The van der Waals surface area contributed by atoms with Gasteiger partial charge in [0.1, 0.15) is 23.8 Å². The molecule has 29 heavy (non-hydrogen) atoms. The molecule has 1 amide bonds. The molecule has 3 aromatic rings. The predicted octanol–water partition coefficient (Wildman–Crippen LogP) is 4.94. The molecule has 2 aromatic carbocycles. The second-order valence-electron chi connectivity index (χ2n) is 6.22. The van der Waals surface area contributed by atoms with Crippen molar-refractivity contribution in [1.82, 2.24) is 5.16 Å². The summed E-state index contributed by atoms with van der Waals surface area (Å²) >= 11 is 5.80. The molecule has 0 radical (unpaired) electrons. The molecule has 0 unspecified atom stereocenters. The van der Waals surface area contributed by atoms with E-state index in [1.54, 1.807) is 6.92 Å². The number of aromatic nitrogens is 1. The minimum absolute atomic E-state index is 0.00285. The highest BCUT2D eigenvalue weighted by Gasteiger charge is 2.23. The molecule has 0 aliphatic heterocycles. The molecule has 150 valence electrons. The van der Waals surface area contributed by atoms with Crippen LogP contribution in [0.3, 0.4) is 0 Å². The number of ether oxygens (including phenoxy) is 1. The molecular weight excluding hydrogens is 398 g/mol. The van der Waals surface area contributed by atoms with Crippen molar-refractivity contribution in [3.8, 4) is 5.75 Å². The normalized spacial score (nSPS) is 10.6. The first-order chi connectivity index (χ1) is 13.9. The van der Waals surface area contributed by atoms with Gasteiger partial charge < -0.3 is 14.6 Å². The van der Waals surface area contributed by atoms with Crippen molar-refractivity contribution in [2.24, 2.45) is 0 Å². The summed E-state index contributed by atoms with van der Waals surface area (Å²) in [5, 5.41) is 17.7. The average molecular weight is 416 g/mol. The van der Waals surface area contributed by atoms with Gasteiger partial charge in [0, 0.05) is 11.1 Å². The van der Waals surface area contributed by atoms with Gasteiger partial charge in [-0.15, -0.1) is 0 Å². The summed E-state index contributed by atoms with van der Waals surface area (Å²) in [5.74, 6) is 0.417. The number of carbonyl (C=O) groups is 1. The first-order valence-electron chi connectivity index (χ1n) is 8.81. The number of hydrogen-bond acceptors (Lipinski definition) is 6. The molecule has 0 bridgehead atoms. The van der Waals surface area contributed by atoms with E-state index in [2.05, 4.69) is 17.4 Å². The number of benzene rings is 2. The fourth-order valence-electron chi connectivity index (χ4n) is 2.66. The van der Waals surface area contributed by atoms with Crippen molar-refractivity contribution in [1.29, 1.82) is 0 Å². The molecule has 0 aliphatic carbocycles. The lowest BCUT2D eigenvalue weighted by molar-refractivity contribution is -0.383. The number of aryl methyl sites for hydroxylation is 2. The van der Waals surface area contributed by atoms with Crippen LogP contribution in [-0.4, -0.2) is 16.0 Å². The number of nitro benzene ring substituents is 1. The molecule has 3 rings (SSSR count). The summed E-state index contributed by atoms with van der Waals surface area (Å²) in [7, 11) is 0. The molecule has 1 N–H and O–H groups in total. The number of nitrogens with one attached hydrogen (secondary N) is 1. The molecule has 1 aromatic heterocycles. The Kier molecular flexibility index (Phi) is 6.13. The molecule has 8 nitrogen and oxygen atoms in total. The average Bonchev–Trinajstić information content (AvgIpc) is 3.08. The van der Waals surface area contributed by atoms with Gasteiger partial charge in [-0.25, -0.2) is 0 Å². The third-order valence-corrected chi connectivity index (χ3v) is 4.55. The van der Waals surface area contributed by atoms with Gasteiger partial charge in [-0.1, -0.05) is 35.8 Å². The zero-order chi connectivity index (χ0) is 21.0. The van der Waals surface area contributed by atoms with E-state index in [1.165, 1.54) is 17.7 Å². The summed E-state index contributed by atoms with van der Waals surface area (Å²) in [5.41, 5.74) is 1.32. The summed E-state index contributed by atoms with van der Waals surface area (Å²) < 4.78 is 10.9. The van der Waals surface area contributed by atoms with Crippen LogP contribution in [0.5, 0.6) is 5.75 Å². The van der Waals surface area contributed by atoms with Crippen molar-refractivity contribution in [2.75, 3.05) is 5.32 Å². The number of nitrogens with zero attached hydrogens (tertiary/aromatic N) is 2. The van der Waals surface area contributed by atoms with E-state index in [-0.39, 0.29) is 28.7 Å². The van der Waals surface area contributed by atoms with Crippen LogP contribution in [0.2, 0.25) is 5.02 Å². The Morgan fingerprint density at radius 1 is 1.28 bits per heavy atom. The quantitative estimate of drug-likeness (QED) is 0.432. The molecule has 0 fully saturated rings. The van der Waals surface area contributed by atoms with Crippen molar-refractivity contribution < 1.29 is 19.0 Å². The Balaban J connectivity index is 1.78. The standard InChI is InChI=1S/C20H18ClN3O5/c1-3-13-4-7-15(8-5-13)28-11-16-12(2)29-23-19(16)20(25)22-17-9-6-14(21)10-18(17)24(26)27/h4-10H,3,11H2,1-2H3,(H,22,25). The zero-order valence-corrected chi connectivity index (χ0v) is 16.5. The minimum Gasteiger partial charge on any atom is -0.489 e. The number of halogens is 1. The Bertz CT molecular complexity index is 1050. The molecule has 0 spiro atoms. The molecule has 0 aliphatic rings. The van der Waals surface area contributed by atoms with E-state index < -0.39 is 10.8 Å². The molecular formula is C20H18ClN3O5. The maximum absolute atomic E-state index is 12.7. The Labute approximate surface area is 171 Å². The minimum atomic E-state index is -0.646. The second kappa shape index (κ2) is 8.74. The molecule has 1 heterocycles. The van der Waals surface area contributed by atoms with E-state index in [0.29, 0.717) is 17.1 Å². The van der Waals surface area contributed by atoms with Gasteiger partial charge in [0.2, 0.25) is 0 Å². The molecule has 0 saturated heterocycles. The summed E-state index contributed by atoms with van der Waals surface area (Å²) in [6, 6.07) is 11.6. The topological polar surface area (TPSA) is 108 Å². The lowest BCUT2D eigenvalue weighted by Crippen LogP contribution is -2.16. The summed E-state index contributed by atoms with van der Waals surface area (Å²) in [6.45, 7) is 3.78. The summed E-state index contributed by atoms with van der Waals surface area (Å²) in [4.78, 5) is 23.2. The van der Waals surface area contributed by atoms with Gasteiger partial charge >= 0.3 is 0 Å². The summed E-state index contributed by atoms with van der Waals surface area (Å²) in [6.07, 6.45) is 0.923. The highest BCUT2D eigenvalue weighted by molar-refractivity contribution is 6.31. The Morgan fingerprint density at radius 3 is 2.66 bits per heavy atom. The lowest BCUT2D eigenvalue weighted by Gasteiger charge is -2.08. The smallest absolute Gasteiger partial charge is 0.294 e.